The van der Waals surface area contributed by atoms with Crippen LogP contribution < -0.4 is 0 Å². The Morgan fingerprint density at radius 2 is 2.38 bits per heavy atom. The van der Waals surface area contributed by atoms with E-state index >= 15 is 0 Å². The minimum atomic E-state index is -0.500. The second-order valence-electron chi connectivity index (χ2n) is 1.15. The molecule has 4 heteroatoms. The maximum absolute atomic E-state index is 10.3. The van der Waals surface area contributed by atoms with E-state index in [1.807, 2.05) is 0 Å². The van der Waals surface area contributed by atoms with E-state index in [-0.39, 0.29) is 0 Å². The fourth-order valence-corrected chi connectivity index (χ4v) is 0.172. The van der Waals surface area contributed by atoms with Crippen molar-refractivity contribution in [2.45, 2.75) is 0 Å². The Bertz CT molecular complexity index is 121. The standard InChI is InChI=1S/C4H6N2O2/c1-3-4(7)6(2)5-8/h3H,1H2,2H3. The lowest BCUT2D eigenvalue weighted by molar-refractivity contribution is -0.124. The van der Waals surface area contributed by atoms with Crippen molar-refractivity contribution in [1.29, 1.82) is 0 Å². The van der Waals surface area contributed by atoms with Gasteiger partial charge in [0.05, 0.1) is 5.29 Å². The Hall–Kier alpha value is -1.19. The van der Waals surface area contributed by atoms with Crippen LogP contribution in [-0.4, -0.2) is 18.0 Å². The number of hydrogen-bond acceptors (Lipinski definition) is 3. The molecule has 0 saturated heterocycles. The van der Waals surface area contributed by atoms with Crippen molar-refractivity contribution in [3.05, 3.63) is 17.6 Å². The Kier molecular flexibility index (Phi) is 2.47. The van der Waals surface area contributed by atoms with Gasteiger partial charge in [0.1, 0.15) is 0 Å². The summed E-state index contributed by atoms with van der Waals surface area (Å²) in [4.78, 5) is 19.8. The second kappa shape index (κ2) is 2.90. The number of amides is 1. The van der Waals surface area contributed by atoms with E-state index in [1.165, 1.54) is 7.05 Å². The van der Waals surface area contributed by atoms with Crippen LogP contribution in [0.15, 0.2) is 17.9 Å². The SMILES string of the molecule is C=CC(=O)N(C)N=O. The van der Waals surface area contributed by atoms with Gasteiger partial charge in [0.25, 0.3) is 5.91 Å². The average Bonchev–Trinajstić information content (AvgIpc) is 1.84. The summed E-state index contributed by atoms with van der Waals surface area (Å²) in [6.07, 6.45) is 1.02. The van der Waals surface area contributed by atoms with Crippen molar-refractivity contribution in [3.63, 3.8) is 0 Å². The number of likely N-dealkylation sites (N-methyl/N-ethyl adjacent to an activating group) is 1. The highest BCUT2D eigenvalue weighted by Gasteiger charge is 1.99. The van der Waals surface area contributed by atoms with Gasteiger partial charge in [0, 0.05) is 7.05 Å². The molecule has 0 bridgehead atoms. The Morgan fingerprint density at radius 3 is 2.50 bits per heavy atom. The second-order valence-corrected chi connectivity index (χ2v) is 1.15. The predicted molar refractivity (Wildman–Crippen MR) is 28.8 cm³/mol. The quantitative estimate of drug-likeness (QED) is 0.294. The summed E-state index contributed by atoms with van der Waals surface area (Å²) in [6, 6.07) is 0. The van der Waals surface area contributed by atoms with E-state index < -0.39 is 5.91 Å². The fourth-order valence-electron chi connectivity index (χ4n) is 0.172. The smallest absolute Gasteiger partial charge is 0.268 e. The zero-order valence-corrected chi connectivity index (χ0v) is 4.50. The third-order valence-electron chi connectivity index (χ3n) is 0.616. The van der Waals surface area contributed by atoms with E-state index in [0.29, 0.717) is 5.01 Å². The molecule has 0 aromatic rings. The van der Waals surface area contributed by atoms with Gasteiger partial charge in [-0.15, -0.1) is 4.91 Å². The molecule has 0 aliphatic rings. The number of carbonyl (C=O) groups excluding carboxylic acids is 1. The van der Waals surface area contributed by atoms with Gasteiger partial charge in [0.15, 0.2) is 0 Å². The van der Waals surface area contributed by atoms with E-state index in [0.717, 1.165) is 6.08 Å². The molecule has 0 aromatic heterocycles. The number of nitroso groups, excluding NO2 is 1. The highest BCUT2D eigenvalue weighted by atomic mass is 16.3. The molecule has 0 saturated carbocycles. The van der Waals surface area contributed by atoms with Gasteiger partial charge in [0.2, 0.25) is 0 Å². The molecule has 0 aromatic carbocycles. The Labute approximate surface area is 46.7 Å². The van der Waals surface area contributed by atoms with Crippen LogP contribution in [0.5, 0.6) is 0 Å². The summed E-state index contributed by atoms with van der Waals surface area (Å²) in [7, 11) is 1.26. The zero-order valence-electron chi connectivity index (χ0n) is 4.50. The Balaban J connectivity index is 3.80. The lowest BCUT2D eigenvalue weighted by atomic mass is 10.6. The van der Waals surface area contributed by atoms with E-state index in [2.05, 4.69) is 11.9 Å². The van der Waals surface area contributed by atoms with Crippen molar-refractivity contribution >= 4 is 5.91 Å². The number of hydrogen-bond donors (Lipinski definition) is 0. The maximum atomic E-state index is 10.3. The Morgan fingerprint density at radius 1 is 1.88 bits per heavy atom. The minimum Gasteiger partial charge on any atom is -0.268 e. The van der Waals surface area contributed by atoms with Crippen LogP contribution in [0.2, 0.25) is 0 Å². The normalized spacial score (nSPS) is 7.62. The van der Waals surface area contributed by atoms with Crippen molar-refractivity contribution in [1.82, 2.24) is 5.01 Å². The first-order valence-electron chi connectivity index (χ1n) is 1.95. The number of nitrogens with zero attached hydrogens (tertiary/aromatic N) is 2. The van der Waals surface area contributed by atoms with E-state index in [9.17, 15) is 9.70 Å². The van der Waals surface area contributed by atoms with E-state index in [1.54, 1.807) is 0 Å². The maximum Gasteiger partial charge on any atom is 0.268 e. The van der Waals surface area contributed by atoms with Gasteiger partial charge in [-0.2, -0.15) is 5.01 Å². The fraction of sp³-hybridized carbons (Fsp3) is 0.250. The molecular formula is C4H6N2O2. The van der Waals surface area contributed by atoms with Crippen LogP contribution in [0, 0.1) is 4.91 Å². The molecule has 8 heavy (non-hydrogen) atoms. The zero-order chi connectivity index (χ0) is 6.57. The minimum absolute atomic E-state index is 0.500. The molecule has 0 radical (unpaired) electrons. The molecule has 0 unspecified atom stereocenters. The molecular weight excluding hydrogens is 108 g/mol. The molecule has 0 fully saturated rings. The third-order valence-corrected chi connectivity index (χ3v) is 0.616. The summed E-state index contributed by atoms with van der Waals surface area (Å²) < 4.78 is 0. The van der Waals surface area contributed by atoms with Crippen molar-refractivity contribution in [3.8, 4) is 0 Å². The van der Waals surface area contributed by atoms with Gasteiger partial charge in [-0.05, 0) is 6.08 Å². The monoisotopic (exact) mass is 114 g/mol. The molecule has 0 aliphatic carbocycles. The summed E-state index contributed by atoms with van der Waals surface area (Å²) in [6.45, 7) is 3.14. The molecule has 0 rings (SSSR count). The molecule has 0 atom stereocenters. The third kappa shape index (κ3) is 1.51. The van der Waals surface area contributed by atoms with Crippen molar-refractivity contribution in [2.75, 3.05) is 7.05 Å². The highest BCUT2D eigenvalue weighted by Crippen LogP contribution is 1.82. The van der Waals surface area contributed by atoms with Crippen LogP contribution in [0.25, 0.3) is 0 Å². The lowest BCUT2D eigenvalue weighted by Crippen LogP contribution is -2.16. The largest absolute Gasteiger partial charge is 0.268 e. The van der Waals surface area contributed by atoms with Crippen molar-refractivity contribution in [2.24, 2.45) is 5.29 Å². The van der Waals surface area contributed by atoms with E-state index in [4.69, 9.17) is 0 Å². The summed E-state index contributed by atoms with van der Waals surface area (Å²) >= 11 is 0. The average molecular weight is 114 g/mol. The summed E-state index contributed by atoms with van der Waals surface area (Å²) in [5.41, 5.74) is 0. The summed E-state index contributed by atoms with van der Waals surface area (Å²) in [5.74, 6) is -0.500. The molecule has 0 spiro atoms. The molecule has 0 N–H and O–H groups in total. The van der Waals surface area contributed by atoms with Gasteiger partial charge >= 0.3 is 0 Å². The summed E-state index contributed by atoms with van der Waals surface area (Å²) in [5, 5.41) is 2.98. The van der Waals surface area contributed by atoms with Crippen LogP contribution in [0.1, 0.15) is 0 Å². The highest BCUT2D eigenvalue weighted by molar-refractivity contribution is 5.86. The van der Waals surface area contributed by atoms with Gasteiger partial charge < -0.3 is 0 Å². The van der Waals surface area contributed by atoms with Crippen molar-refractivity contribution < 1.29 is 4.79 Å². The van der Waals surface area contributed by atoms with Crippen LogP contribution >= 0.6 is 0 Å². The first-order valence-corrected chi connectivity index (χ1v) is 1.95. The van der Waals surface area contributed by atoms with Crippen LogP contribution in [0.3, 0.4) is 0 Å². The van der Waals surface area contributed by atoms with Crippen LogP contribution in [-0.2, 0) is 4.79 Å². The molecule has 0 heterocycles. The molecule has 1 amide bonds. The number of rotatable bonds is 2. The predicted octanol–water partition coefficient (Wildman–Crippen LogP) is 0.312. The van der Waals surface area contributed by atoms with Crippen LogP contribution in [0.4, 0.5) is 0 Å². The topological polar surface area (TPSA) is 49.7 Å². The van der Waals surface area contributed by atoms with Gasteiger partial charge in [-0.3, -0.25) is 4.79 Å². The number of carbonyl (C=O) groups is 1. The molecule has 44 valence electrons. The molecule has 4 nitrogen and oxygen atoms in total. The van der Waals surface area contributed by atoms with Gasteiger partial charge in [-0.25, -0.2) is 0 Å². The lowest BCUT2D eigenvalue weighted by Gasteiger charge is -1.98. The van der Waals surface area contributed by atoms with Gasteiger partial charge in [-0.1, -0.05) is 6.58 Å². The first kappa shape index (κ1) is 6.81. The first-order chi connectivity index (χ1) is 3.72. The molecule has 0 aliphatic heterocycles.